The summed E-state index contributed by atoms with van der Waals surface area (Å²) in [4.78, 5) is 21.9. The molecule has 30 heavy (non-hydrogen) atoms. The largest absolute Gasteiger partial charge is 0.334 e. The van der Waals surface area contributed by atoms with Crippen molar-refractivity contribution in [2.24, 2.45) is 0 Å². The number of fused-ring (bicyclic) bond motifs is 1. The van der Waals surface area contributed by atoms with Crippen LogP contribution < -0.4 is 0 Å². The Bertz CT molecular complexity index is 1080. The Morgan fingerprint density at radius 3 is 2.67 bits per heavy atom. The van der Waals surface area contributed by atoms with Gasteiger partial charge in [-0.3, -0.25) is 9.78 Å². The number of hydrogen-bond acceptors (Lipinski definition) is 3. The quantitative estimate of drug-likeness (QED) is 0.631. The standard InChI is InChI=1S/C25H26FN3O/c26-23-15-18(20-14-19-6-1-2-8-24(19)27-16-20)9-10-22(23)25(30)29-13-5-7-21(29)17-28-11-3-4-12-28/h1-2,6,8-10,14-16,21H,3-5,7,11-13,17H2/t21-/m0/s1. The molecule has 5 heteroatoms. The first kappa shape index (κ1) is 19.2. The number of benzene rings is 2. The van der Waals surface area contributed by atoms with E-state index in [2.05, 4.69) is 9.88 Å². The fourth-order valence-corrected chi connectivity index (χ4v) is 4.81. The Morgan fingerprint density at radius 1 is 1.00 bits per heavy atom. The third kappa shape index (κ3) is 3.70. The van der Waals surface area contributed by atoms with E-state index in [9.17, 15) is 4.79 Å². The van der Waals surface area contributed by atoms with Gasteiger partial charge in [-0.25, -0.2) is 4.39 Å². The van der Waals surface area contributed by atoms with Crippen molar-refractivity contribution in [3.8, 4) is 11.1 Å². The summed E-state index contributed by atoms with van der Waals surface area (Å²) in [5.74, 6) is -0.644. The zero-order valence-electron chi connectivity index (χ0n) is 17.1. The summed E-state index contributed by atoms with van der Waals surface area (Å²) in [6, 6.07) is 15.0. The molecule has 2 aliphatic heterocycles. The highest BCUT2D eigenvalue weighted by atomic mass is 19.1. The molecular weight excluding hydrogens is 377 g/mol. The first-order valence-electron chi connectivity index (χ1n) is 10.9. The highest BCUT2D eigenvalue weighted by molar-refractivity contribution is 5.95. The highest BCUT2D eigenvalue weighted by Gasteiger charge is 2.32. The van der Waals surface area contributed by atoms with E-state index in [1.54, 1.807) is 12.3 Å². The molecular formula is C25H26FN3O. The van der Waals surface area contributed by atoms with Crippen molar-refractivity contribution in [3.63, 3.8) is 0 Å². The normalized spacial score (nSPS) is 19.6. The van der Waals surface area contributed by atoms with Crippen LogP contribution in [0.15, 0.2) is 54.7 Å². The van der Waals surface area contributed by atoms with E-state index in [4.69, 9.17) is 0 Å². The minimum Gasteiger partial charge on any atom is -0.334 e. The maximum absolute atomic E-state index is 15.0. The number of aromatic nitrogens is 1. The predicted molar refractivity (Wildman–Crippen MR) is 117 cm³/mol. The second kappa shape index (κ2) is 8.15. The third-order valence-corrected chi connectivity index (χ3v) is 6.43. The average molecular weight is 404 g/mol. The van der Waals surface area contributed by atoms with Gasteiger partial charge < -0.3 is 9.80 Å². The van der Waals surface area contributed by atoms with Gasteiger partial charge >= 0.3 is 0 Å². The summed E-state index contributed by atoms with van der Waals surface area (Å²) < 4.78 is 15.0. The van der Waals surface area contributed by atoms with Crippen molar-refractivity contribution >= 4 is 16.8 Å². The lowest BCUT2D eigenvalue weighted by atomic mass is 10.0. The van der Waals surface area contributed by atoms with Crippen molar-refractivity contribution in [2.45, 2.75) is 31.7 Å². The molecule has 0 unspecified atom stereocenters. The predicted octanol–water partition coefficient (Wildman–Crippen LogP) is 4.74. The lowest BCUT2D eigenvalue weighted by Crippen LogP contribution is -2.42. The highest BCUT2D eigenvalue weighted by Crippen LogP contribution is 2.27. The summed E-state index contributed by atoms with van der Waals surface area (Å²) in [6.07, 6.45) is 6.23. The maximum atomic E-state index is 15.0. The molecule has 1 atom stereocenters. The van der Waals surface area contributed by atoms with Crippen LogP contribution >= 0.6 is 0 Å². The molecule has 1 amide bonds. The minimum absolute atomic E-state index is 0.167. The lowest BCUT2D eigenvalue weighted by Gasteiger charge is -2.28. The van der Waals surface area contributed by atoms with Gasteiger partial charge in [0.1, 0.15) is 5.82 Å². The fourth-order valence-electron chi connectivity index (χ4n) is 4.81. The SMILES string of the molecule is O=C(c1ccc(-c2cnc3ccccc3c2)cc1F)N1CCC[C@H]1CN1CCCC1. The van der Waals surface area contributed by atoms with Gasteiger partial charge in [-0.1, -0.05) is 24.3 Å². The summed E-state index contributed by atoms with van der Waals surface area (Å²) in [5.41, 5.74) is 2.66. The molecule has 3 aromatic rings. The molecule has 0 aliphatic carbocycles. The van der Waals surface area contributed by atoms with E-state index >= 15 is 4.39 Å². The summed E-state index contributed by atoms with van der Waals surface area (Å²) in [6.45, 7) is 3.85. The van der Waals surface area contributed by atoms with Gasteiger partial charge in [0.15, 0.2) is 0 Å². The van der Waals surface area contributed by atoms with Gasteiger partial charge in [0.05, 0.1) is 11.1 Å². The molecule has 0 spiro atoms. The number of nitrogens with zero attached hydrogens (tertiary/aromatic N) is 3. The molecule has 2 saturated heterocycles. The summed E-state index contributed by atoms with van der Waals surface area (Å²) >= 11 is 0. The fraction of sp³-hybridized carbons (Fsp3) is 0.360. The van der Waals surface area contributed by atoms with E-state index in [0.717, 1.165) is 54.5 Å². The number of amides is 1. The maximum Gasteiger partial charge on any atom is 0.257 e. The molecule has 1 aromatic heterocycles. The van der Waals surface area contributed by atoms with E-state index in [1.807, 2.05) is 41.3 Å². The Kier molecular flexibility index (Phi) is 5.21. The van der Waals surface area contributed by atoms with Gasteiger partial charge in [-0.15, -0.1) is 0 Å². The molecule has 0 N–H and O–H groups in total. The number of pyridine rings is 1. The van der Waals surface area contributed by atoms with Crippen LogP contribution in [0.4, 0.5) is 4.39 Å². The Balaban J connectivity index is 1.37. The molecule has 2 aliphatic rings. The number of hydrogen-bond donors (Lipinski definition) is 0. The Morgan fingerprint density at radius 2 is 1.83 bits per heavy atom. The van der Waals surface area contributed by atoms with Crippen LogP contribution in [-0.4, -0.2) is 52.9 Å². The first-order chi connectivity index (χ1) is 14.7. The van der Waals surface area contributed by atoms with E-state index in [0.29, 0.717) is 6.54 Å². The van der Waals surface area contributed by atoms with Crippen molar-refractivity contribution in [1.82, 2.24) is 14.8 Å². The molecule has 4 nitrogen and oxygen atoms in total. The molecule has 0 saturated carbocycles. The molecule has 2 aromatic carbocycles. The van der Waals surface area contributed by atoms with Gasteiger partial charge in [0.25, 0.3) is 5.91 Å². The van der Waals surface area contributed by atoms with Crippen molar-refractivity contribution in [1.29, 1.82) is 0 Å². The third-order valence-electron chi connectivity index (χ3n) is 6.43. The zero-order valence-corrected chi connectivity index (χ0v) is 17.1. The zero-order chi connectivity index (χ0) is 20.5. The molecule has 154 valence electrons. The van der Waals surface area contributed by atoms with E-state index in [-0.39, 0.29) is 17.5 Å². The Hall–Kier alpha value is -2.79. The average Bonchev–Trinajstić information content (AvgIpc) is 3.45. The first-order valence-corrected chi connectivity index (χ1v) is 10.9. The number of halogens is 1. The lowest BCUT2D eigenvalue weighted by molar-refractivity contribution is 0.0704. The minimum atomic E-state index is -0.461. The number of carbonyl (C=O) groups is 1. The van der Waals surface area contributed by atoms with Crippen LogP contribution in [0, 0.1) is 5.82 Å². The van der Waals surface area contributed by atoms with Crippen LogP contribution in [0.3, 0.4) is 0 Å². The van der Waals surface area contributed by atoms with Crippen molar-refractivity contribution in [3.05, 3.63) is 66.1 Å². The number of para-hydroxylation sites is 1. The van der Waals surface area contributed by atoms with Crippen molar-refractivity contribution < 1.29 is 9.18 Å². The van der Waals surface area contributed by atoms with E-state index in [1.165, 1.54) is 18.9 Å². The summed E-state index contributed by atoms with van der Waals surface area (Å²) in [7, 11) is 0. The van der Waals surface area contributed by atoms with Gasteiger partial charge in [-0.2, -0.15) is 0 Å². The second-order valence-corrected chi connectivity index (χ2v) is 8.41. The molecule has 0 bridgehead atoms. The molecule has 0 radical (unpaired) electrons. The second-order valence-electron chi connectivity index (χ2n) is 8.41. The summed E-state index contributed by atoms with van der Waals surface area (Å²) in [5, 5.41) is 1.01. The number of likely N-dealkylation sites (tertiary alicyclic amines) is 2. The number of carbonyl (C=O) groups excluding carboxylic acids is 1. The Labute approximate surface area is 176 Å². The van der Waals surface area contributed by atoms with Crippen LogP contribution in [0.2, 0.25) is 0 Å². The van der Waals surface area contributed by atoms with Crippen LogP contribution in [0.25, 0.3) is 22.0 Å². The van der Waals surface area contributed by atoms with Crippen LogP contribution in [0.5, 0.6) is 0 Å². The number of rotatable bonds is 4. The molecule has 2 fully saturated rings. The van der Waals surface area contributed by atoms with E-state index < -0.39 is 5.82 Å². The topological polar surface area (TPSA) is 36.4 Å². The monoisotopic (exact) mass is 403 g/mol. The van der Waals surface area contributed by atoms with Crippen molar-refractivity contribution in [2.75, 3.05) is 26.2 Å². The molecule has 3 heterocycles. The smallest absolute Gasteiger partial charge is 0.257 e. The van der Waals surface area contributed by atoms with Gasteiger partial charge in [0.2, 0.25) is 0 Å². The van der Waals surface area contributed by atoms with Gasteiger partial charge in [-0.05, 0) is 68.6 Å². The van der Waals surface area contributed by atoms with Gasteiger partial charge in [0, 0.05) is 36.3 Å². The molecule has 5 rings (SSSR count). The van der Waals surface area contributed by atoms with Crippen LogP contribution in [0.1, 0.15) is 36.0 Å². The van der Waals surface area contributed by atoms with Crippen LogP contribution in [-0.2, 0) is 0 Å².